The van der Waals surface area contributed by atoms with Gasteiger partial charge in [0.25, 0.3) is 5.91 Å². The standard InChI is InChI=1S/C15H19ClN2O4S/c1-9(2)14(21)18-10-3-4-12(16)11(7-10)15(22)17-5-6-23-8-13(19)20/h3-4,7,9H,5-6,8H2,1-2H3,(H,17,22)(H,18,21)(H,19,20). The smallest absolute Gasteiger partial charge is 0.313 e. The van der Waals surface area contributed by atoms with E-state index in [1.54, 1.807) is 26.0 Å². The third-order valence-corrected chi connectivity index (χ3v) is 4.03. The zero-order valence-electron chi connectivity index (χ0n) is 12.9. The highest BCUT2D eigenvalue weighted by molar-refractivity contribution is 7.99. The molecular formula is C15H19ClN2O4S. The van der Waals surface area contributed by atoms with E-state index in [1.807, 2.05) is 0 Å². The molecule has 23 heavy (non-hydrogen) atoms. The van der Waals surface area contributed by atoms with Gasteiger partial charge in [0.15, 0.2) is 0 Å². The second-order valence-electron chi connectivity index (χ2n) is 5.04. The van der Waals surface area contributed by atoms with Crippen molar-refractivity contribution >= 4 is 46.8 Å². The van der Waals surface area contributed by atoms with Crippen molar-refractivity contribution in [3.63, 3.8) is 0 Å². The van der Waals surface area contributed by atoms with Crippen molar-refractivity contribution in [2.24, 2.45) is 5.92 Å². The summed E-state index contributed by atoms with van der Waals surface area (Å²) in [5.41, 5.74) is 0.759. The van der Waals surface area contributed by atoms with Crippen LogP contribution >= 0.6 is 23.4 Å². The number of carbonyl (C=O) groups is 3. The Morgan fingerprint density at radius 3 is 2.61 bits per heavy atom. The number of hydrogen-bond acceptors (Lipinski definition) is 4. The SMILES string of the molecule is CC(C)C(=O)Nc1ccc(Cl)c(C(=O)NCCSCC(=O)O)c1. The van der Waals surface area contributed by atoms with Gasteiger partial charge >= 0.3 is 5.97 Å². The first-order valence-corrected chi connectivity index (χ1v) is 8.52. The van der Waals surface area contributed by atoms with Crippen molar-refractivity contribution in [1.82, 2.24) is 5.32 Å². The molecule has 1 rings (SSSR count). The number of aliphatic carboxylic acids is 1. The van der Waals surface area contributed by atoms with E-state index in [1.165, 1.54) is 17.8 Å². The lowest BCUT2D eigenvalue weighted by Crippen LogP contribution is -2.26. The third kappa shape index (κ3) is 6.92. The Bertz CT molecular complexity index is 593. The number of benzene rings is 1. The van der Waals surface area contributed by atoms with E-state index in [2.05, 4.69) is 10.6 Å². The molecule has 2 amide bonds. The number of amides is 2. The number of anilines is 1. The van der Waals surface area contributed by atoms with Crippen LogP contribution in [0.25, 0.3) is 0 Å². The van der Waals surface area contributed by atoms with Crippen molar-refractivity contribution < 1.29 is 19.5 Å². The van der Waals surface area contributed by atoms with Crippen LogP contribution < -0.4 is 10.6 Å². The fourth-order valence-electron chi connectivity index (χ4n) is 1.56. The molecule has 0 heterocycles. The monoisotopic (exact) mass is 358 g/mol. The van der Waals surface area contributed by atoms with E-state index < -0.39 is 5.97 Å². The molecule has 1 aromatic carbocycles. The molecule has 0 bridgehead atoms. The van der Waals surface area contributed by atoms with Crippen LogP contribution in [0.1, 0.15) is 24.2 Å². The Kier molecular flexibility index (Phi) is 7.91. The lowest BCUT2D eigenvalue weighted by molar-refractivity contribution is -0.133. The van der Waals surface area contributed by atoms with Crippen LogP contribution in [-0.2, 0) is 9.59 Å². The van der Waals surface area contributed by atoms with Crippen molar-refractivity contribution in [2.45, 2.75) is 13.8 Å². The molecule has 0 aliphatic rings. The van der Waals surface area contributed by atoms with Crippen LogP contribution in [0.5, 0.6) is 0 Å². The van der Waals surface area contributed by atoms with E-state index in [0.29, 0.717) is 18.0 Å². The van der Waals surface area contributed by atoms with E-state index >= 15 is 0 Å². The highest BCUT2D eigenvalue weighted by atomic mass is 35.5. The maximum absolute atomic E-state index is 12.1. The minimum atomic E-state index is -0.891. The van der Waals surface area contributed by atoms with Gasteiger partial charge in [0.05, 0.1) is 16.3 Å². The number of halogens is 1. The second-order valence-corrected chi connectivity index (χ2v) is 6.55. The quantitative estimate of drug-likeness (QED) is 0.620. The topological polar surface area (TPSA) is 95.5 Å². The first-order valence-electron chi connectivity index (χ1n) is 6.99. The fraction of sp³-hybridized carbons (Fsp3) is 0.400. The first-order chi connectivity index (χ1) is 10.8. The highest BCUT2D eigenvalue weighted by Crippen LogP contribution is 2.21. The molecule has 3 N–H and O–H groups in total. The molecule has 0 aliphatic heterocycles. The molecule has 0 fully saturated rings. The number of carbonyl (C=O) groups excluding carboxylic acids is 2. The summed E-state index contributed by atoms with van der Waals surface area (Å²) in [6.07, 6.45) is 0. The van der Waals surface area contributed by atoms with Gasteiger partial charge in [-0.2, -0.15) is 0 Å². The summed E-state index contributed by atoms with van der Waals surface area (Å²) >= 11 is 7.23. The third-order valence-electron chi connectivity index (χ3n) is 2.76. The average Bonchev–Trinajstić information content (AvgIpc) is 2.48. The predicted molar refractivity (Wildman–Crippen MR) is 92.2 cm³/mol. The van der Waals surface area contributed by atoms with Gasteiger partial charge < -0.3 is 15.7 Å². The zero-order chi connectivity index (χ0) is 17.4. The number of nitrogens with one attached hydrogen (secondary N) is 2. The van der Waals surface area contributed by atoms with Crippen molar-refractivity contribution in [1.29, 1.82) is 0 Å². The van der Waals surface area contributed by atoms with Crippen molar-refractivity contribution in [2.75, 3.05) is 23.4 Å². The first kappa shape index (κ1) is 19.3. The Morgan fingerprint density at radius 2 is 2.00 bits per heavy atom. The number of hydrogen-bond donors (Lipinski definition) is 3. The van der Waals surface area contributed by atoms with Gasteiger partial charge in [0.1, 0.15) is 0 Å². The highest BCUT2D eigenvalue weighted by Gasteiger charge is 2.13. The maximum atomic E-state index is 12.1. The molecular weight excluding hydrogens is 340 g/mol. The summed E-state index contributed by atoms with van der Waals surface area (Å²) in [7, 11) is 0. The van der Waals surface area contributed by atoms with Gasteiger partial charge in [0, 0.05) is 23.9 Å². The molecule has 0 saturated carbocycles. The van der Waals surface area contributed by atoms with E-state index in [0.717, 1.165) is 0 Å². The normalized spacial score (nSPS) is 10.4. The van der Waals surface area contributed by atoms with Gasteiger partial charge in [-0.25, -0.2) is 0 Å². The molecule has 0 aromatic heterocycles. The van der Waals surface area contributed by atoms with E-state index in [9.17, 15) is 14.4 Å². The molecule has 0 unspecified atom stereocenters. The average molecular weight is 359 g/mol. The largest absolute Gasteiger partial charge is 0.481 e. The molecule has 0 aliphatic carbocycles. The second kappa shape index (κ2) is 9.42. The van der Waals surface area contributed by atoms with Gasteiger partial charge in [0.2, 0.25) is 5.91 Å². The van der Waals surface area contributed by atoms with Crippen molar-refractivity contribution in [3.05, 3.63) is 28.8 Å². The summed E-state index contributed by atoms with van der Waals surface area (Å²) < 4.78 is 0. The Balaban J connectivity index is 2.62. The molecule has 126 valence electrons. The molecule has 0 spiro atoms. The minimum absolute atomic E-state index is 0.00660. The Morgan fingerprint density at radius 1 is 1.30 bits per heavy atom. The number of carboxylic acids is 1. The van der Waals surface area contributed by atoms with Crippen LogP contribution in [0.3, 0.4) is 0 Å². The van der Waals surface area contributed by atoms with Crippen LogP contribution in [0, 0.1) is 5.92 Å². The van der Waals surface area contributed by atoms with Gasteiger partial charge in [-0.05, 0) is 18.2 Å². The number of thioether (sulfide) groups is 1. The molecule has 0 radical (unpaired) electrons. The Hall–Kier alpha value is -1.73. The summed E-state index contributed by atoms with van der Waals surface area (Å²) in [6, 6.07) is 4.69. The fourth-order valence-corrected chi connectivity index (χ4v) is 2.32. The number of carboxylic acid groups (broad SMARTS) is 1. The Labute approximate surface area is 144 Å². The minimum Gasteiger partial charge on any atom is -0.481 e. The summed E-state index contributed by atoms with van der Waals surface area (Å²) in [4.78, 5) is 34.2. The van der Waals surface area contributed by atoms with Gasteiger partial charge in [-0.1, -0.05) is 25.4 Å². The van der Waals surface area contributed by atoms with Crippen LogP contribution in [0.4, 0.5) is 5.69 Å². The lowest BCUT2D eigenvalue weighted by Gasteiger charge is -2.11. The summed E-state index contributed by atoms with van der Waals surface area (Å²) in [6.45, 7) is 3.87. The maximum Gasteiger partial charge on any atom is 0.313 e. The van der Waals surface area contributed by atoms with E-state index in [4.69, 9.17) is 16.7 Å². The molecule has 8 heteroatoms. The van der Waals surface area contributed by atoms with Crippen LogP contribution in [0.15, 0.2) is 18.2 Å². The molecule has 0 atom stereocenters. The van der Waals surface area contributed by atoms with E-state index in [-0.39, 0.29) is 34.1 Å². The molecule has 6 nitrogen and oxygen atoms in total. The van der Waals surface area contributed by atoms with Crippen molar-refractivity contribution in [3.8, 4) is 0 Å². The number of rotatable bonds is 8. The predicted octanol–water partition coefficient (Wildman–Crippen LogP) is 2.48. The van der Waals surface area contributed by atoms with Gasteiger partial charge in [-0.15, -0.1) is 11.8 Å². The van der Waals surface area contributed by atoms with Gasteiger partial charge in [-0.3, -0.25) is 14.4 Å². The summed E-state index contributed by atoms with van der Waals surface area (Å²) in [5, 5.41) is 14.2. The van der Waals surface area contributed by atoms with Crippen LogP contribution in [-0.4, -0.2) is 40.9 Å². The van der Waals surface area contributed by atoms with Crippen LogP contribution in [0.2, 0.25) is 5.02 Å². The zero-order valence-corrected chi connectivity index (χ0v) is 14.5. The summed E-state index contributed by atoms with van der Waals surface area (Å²) in [5.74, 6) is -1.10. The lowest BCUT2D eigenvalue weighted by atomic mass is 10.1. The molecule has 1 aromatic rings. The molecule has 0 saturated heterocycles.